The van der Waals surface area contributed by atoms with E-state index < -0.39 is 0 Å². The van der Waals surface area contributed by atoms with E-state index in [0.29, 0.717) is 11.8 Å². The first-order valence-corrected chi connectivity index (χ1v) is 8.41. The number of hydrogen-bond acceptors (Lipinski definition) is 3. The molecular formula is C16H33IN6. The predicted octanol–water partition coefficient (Wildman–Crippen LogP) is 2.70. The summed E-state index contributed by atoms with van der Waals surface area (Å²) in [6.45, 7) is 14.4. The lowest BCUT2D eigenvalue weighted by molar-refractivity contribution is 0.567. The van der Waals surface area contributed by atoms with E-state index >= 15 is 0 Å². The Hall–Kier alpha value is -0.860. The van der Waals surface area contributed by atoms with Crippen molar-refractivity contribution in [2.24, 2.45) is 16.8 Å². The van der Waals surface area contributed by atoms with Crippen LogP contribution in [0.1, 0.15) is 46.9 Å². The van der Waals surface area contributed by atoms with Crippen molar-refractivity contribution >= 4 is 29.9 Å². The van der Waals surface area contributed by atoms with Crippen molar-refractivity contribution in [2.75, 3.05) is 19.6 Å². The third kappa shape index (κ3) is 9.78. The molecule has 1 aromatic heterocycles. The summed E-state index contributed by atoms with van der Waals surface area (Å²) in [6.07, 6.45) is 3.84. The zero-order valence-corrected chi connectivity index (χ0v) is 17.5. The Morgan fingerprint density at radius 1 is 1.17 bits per heavy atom. The minimum atomic E-state index is 0. The van der Waals surface area contributed by atoms with E-state index in [2.05, 4.69) is 65.0 Å². The van der Waals surface area contributed by atoms with Crippen LogP contribution in [0.15, 0.2) is 11.3 Å². The maximum Gasteiger partial charge on any atom is 0.191 e. The molecule has 0 radical (unpaired) electrons. The topological polar surface area (TPSA) is 67.1 Å². The third-order valence-corrected chi connectivity index (χ3v) is 3.29. The Balaban J connectivity index is 0.00000484. The second kappa shape index (κ2) is 12.5. The molecule has 0 aliphatic carbocycles. The number of halogens is 1. The minimum absolute atomic E-state index is 0. The summed E-state index contributed by atoms with van der Waals surface area (Å²) in [7, 11) is 0. The summed E-state index contributed by atoms with van der Waals surface area (Å²) in [5.41, 5.74) is 0. The maximum atomic E-state index is 4.64. The van der Waals surface area contributed by atoms with Gasteiger partial charge in [-0.25, -0.2) is 0 Å². The van der Waals surface area contributed by atoms with Crippen molar-refractivity contribution in [3.63, 3.8) is 0 Å². The van der Waals surface area contributed by atoms with Crippen LogP contribution in [0.25, 0.3) is 0 Å². The van der Waals surface area contributed by atoms with E-state index in [1.54, 1.807) is 6.33 Å². The van der Waals surface area contributed by atoms with Crippen molar-refractivity contribution < 1.29 is 0 Å². The fourth-order valence-electron chi connectivity index (χ4n) is 1.96. The number of rotatable bonds is 9. The van der Waals surface area contributed by atoms with E-state index in [0.717, 1.165) is 50.8 Å². The van der Waals surface area contributed by atoms with Crippen molar-refractivity contribution in [3.05, 3.63) is 12.2 Å². The van der Waals surface area contributed by atoms with Gasteiger partial charge in [-0.15, -0.1) is 34.2 Å². The van der Waals surface area contributed by atoms with Gasteiger partial charge in [0.1, 0.15) is 12.2 Å². The lowest BCUT2D eigenvalue weighted by atomic mass is 10.1. The quantitative estimate of drug-likeness (QED) is 0.355. The molecule has 2 N–H and O–H groups in total. The molecule has 0 unspecified atom stereocenters. The molecule has 0 bridgehead atoms. The monoisotopic (exact) mass is 436 g/mol. The largest absolute Gasteiger partial charge is 0.356 e. The number of aryl methyl sites for hydroxylation is 1. The fourth-order valence-corrected chi connectivity index (χ4v) is 1.96. The van der Waals surface area contributed by atoms with Crippen LogP contribution in [0.4, 0.5) is 0 Å². The molecule has 7 heteroatoms. The van der Waals surface area contributed by atoms with Crippen LogP contribution in [-0.4, -0.2) is 40.4 Å². The van der Waals surface area contributed by atoms with Gasteiger partial charge in [-0.05, 0) is 18.3 Å². The molecule has 134 valence electrons. The highest BCUT2D eigenvalue weighted by atomic mass is 127. The summed E-state index contributed by atoms with van der Waals surface area (Å²) in [6, 6.07) is 0. The first kappa shape index (κ1) is 22.1. The Kier molecular flexibility index (Phi) is 12.1. The molecule has 0 saturated carbocycles. The first-order valence-electron chi connectivity index (χ1n) is 8.41. The van der Waals surface area contributed by atoms with Gasteiger partial charge in [-0.1, -0.05) is 34.6 Å². The molecule has 0 saturated heterocycles. The van der Waals surface area contributed by atoms with E-state index in [1.807, 2.05) is 0 Å². The summed E-state index contributed by atoms with van der Waals surface area (Å²) in [5, 5.41) is 14.9. The number of hydrogen-bond donors (Lipinski definition) is 2. The van der Waals surface area contributed by atoms with Crippen molar-refractivity contribution in [1.82, 2.24) is 25.4 Å². The van der Waals surface area contributed by atoms with Crippen molar-refractivity contribution in [2.45, 2.75) is 54.0 Å². The third-order valence-electron chi connectivity index (χ3n) is 3.29. The number of nitrogens with one attached hydrogen (secondary N) is 2. The Morgan fingerprint density at radius 3 is 2.48 bits per heavy atom. The molecule has 23 heavy (non-hydrogen) atoms. The van der Waals surface area contributed by atoms with Gasteiger partial charge in [-0.2, -0.15) is 0 Å². The molecule has 6 nitrogen and oxygen atoms in total. The molecule has 0 aliphatic heterocycles. The second-order valence-corrected chi connectivity index (χ2v) is 6.41. The number of nitrogens with zero attached hydrogens (tertiary/aromatic N) is 4. The summed E-state index contributed by atoms with van der Waals surface area (Å²) < 4.78 is 2.08. The SMILES string of the molecule is CCc1nncn1CCNC(=NCC(C)C)NCCC(C)C.I. The molecule has 0 fully saturated rings. The van der Waals surface area contributed by atoms with Crippen LogP contribution in [0.5, 0.6) is 0 Å². The standard InChI is InChI=1S/C16H32N6.HI/c1-6-15-21-20-12-22(15)10-9-18-16(19-11-14(4)5)17-8-7-13(2)3;/h12-14H,6-11H2,1-5H3,(H2,17,18,19);1H. The van der Waals surface area contributed by atoms with Crippen LogP contribution >= 0.6 is 24.0 Å². The van der Waals surface area contributed by atoms with Gasteiger partial charge in [-0.3, -0.25) is 4.99 Å². The van der Waals surface area contributed by atoms with Crippen LogP contribution in [0.3, 0.4) is 0 Å². The first-order chi connectivity index (χ1) is 10.5. The van der Waals surface area contributed by atoms with Gasteiger partial charge in [0.2, 0.25) is 0 Å². The lowest BCUT2D eigenvalue weighted by Gasteiger charge is -2.14. The zero-order chi connectivity index (χ0) is 16.4. The number of aromatic nitrogens is 3. The van der Waals surface area contributed by atoms with E-state index in [9.17, 15) is 0 Å². The van der Waals surface area contributed by atoms with E-state index in [4.69, 9.17) is 0 Å². The molecule has 1 heterocycles. The molecule has 1 rings (SSSR count). The number of aliphatic imine (C=N–C) groups is 1. The Bertz CT molecular complexity index is 442. The predicted molar refractivity (Wildman–Crippen MR) is 107 cm³/mol. The van der Waals surface area contributed by atoms with Crippen molar-refractivity contribution in [3.8, 4) is 0 Å². The average Bonchev–Trinajstić information content (AvgIpc) is 2.91. The zero-order valence-electron chi connectivity index (χ0n) is 15.2. The van der Waals surface area contributed by atoms with E-state index in [-0.39, 0.29) is 24.0 Å². The molecule has 0 aromatic carbocycles. The van der Waals surface area contributed by atoms with Crippen molar-refractivity contribution in [1.29, 1.82) is 0 Å². The van der Waals surface area contributed by atoms with Crippen LogP contribution in [0.2, 0.25) is 0 Å². The van der Waals surface area contributed by atoms with Crippen LogP contribution in [-0.2, 0) is 13.0 Å². The summed E-state index contributed by atoms with van der Waals surface area (Å²) in [5.74, 6) is 3.19. The maximum absolute atomic E-state index is 4.64. The smallest absolute Gasteiger partial charge is 0.191 e. The van der Waals surface area contributed by atoms with Gasteiger partial charge in [0.25, 0.3) is 0 Å². The molecule has 0 atom stereocenters. The number of guanidine groups is 1. The molecular weight excluding hydrogens is 403 g/mol. The van der Waals surface area contributed by atoms with Crippen LogP contribution in [0, 0.1) is 11.8 Å². The fraction of sp³-hybridized carbons (Fsp3) is 0.812. The second-order valence-electron chi connectivity index (χ2n) is 6.41. The van der Waals surface area contributed by atoms with Gasteiger partial charge < -0.3 is 15.2 Å². The molecule has 1 aromatic rings. The highest BCUT2D eigenvalue weighted by molar-refractivity contribution is 14.0. The lowest BCUT2D eigenvalue weighted by Crippen LogP contribution is -2.40. The van der Waals surface area contributed by atoms with E-state index in [1.165, 1.54) is 0 Å². The highest BCUT2D eigenvalue weighted by Crippen LogP contribution is 1.97. The van der Waals surface area contributed by atoms with Gasteiger partial charge in [0.05, 0.1) is 0 Å². The summed E-state index contributed by atoms with van der Waals surface area (Å²) in [4.78, 5) is 4.64. The van der Waals surface area contributed by atoms with Gasteiger partial charge >= 0.3 is 0 Å². The molecule has 0 amide bonds. The highest BCUT2D eigenvalue weighted by Gasteiger charge is 2.03. The minimum Gasteiger partial charge on any atom is -0.356 e. The molecule has 0 spiro atoms. The normalized spacial score (nSPS) is 11.7. The van der Waals surface area contributed by atoms with Gasteiger partial charge in [0.15, 0.2) is 5.96 Å². The Labute approximate surface area is 158 Å². The van der Waals surface area contributed by atoms with Gasteiger partial charge in [0, 0.05) is 32.6 Å². The molecule has 0 aliphatic rings. The Morgan fingerprint density at radius 2 is 1.87 bits per heavy atom. The van der Waals surface area contributed by atoms with Crippen LogP contribution < -0.4 is 10.6 Å². The summed E-state index contributed by atoms with van der Waals surface area (Å²) >= 11 is 0. The average molecular weight is 436 g/mol.